The minimum atomic E-state index is -0.00440. The number of carbonyl (C=O) groups excluding carboxylic acids is 1. The van der Waals surface area contributed by atoms with Gasteiger partial charge in [0.1, 0.15) is 5.75 Å². The molecule has 0 aliphatic heterocycles. The van der Waals surface area contributed by atoms with Crippen LogP contribution in [0.4, 0.5) is 0 Å². The first-order valence-electron chi connectivity index (χ1n) is 6.08. The average molecular weight is 235 g/mol. The summed E-state index contributed by atoms with van der Waals surface area (Å²) < 4.78 is 0. The summed E-state index contributed by atoms with van der Waals surface area (Å²) >= 11 is 0. The molecule has 94 valence electrons. The molecule has 0 aliphatic carbocycles. The van der Waals surface area contributed by atoms with Crippen LogP contribution >= 0.6 is 0 Å². The van der Waals surface area contributed by atoms with Crippen LogP contribution in [0.2, 0.25) is 0 Å². The van der Waals surface area contributed by atoms with Crippen molar-refractivity contribution in [2.24, 2.45) is 0 Å². The van der Waals surface area contributed by atoms with Crippen molar-refractivity contribution < 1.29 is 9.90 Å². The molecule has 3 heteroatoms. The highest BCUT2D eigenvalue weighted by molar-refractivity contribution is 5.96. The van der Waals surface area contributed by atoms with Crippen LogP contribution in [0.5, 0.6) is 5.75 Å². The lowest BCUT2D eigenvalue weighted by Gasteiger charge is -2.27. The van der Waals surface area contributed by atoms with Crippen molar-refractivity contribution >= 4 is 5.91 Å². The molecule has 0 spiro atoms. The van der Waals surface area contributed by atoms with E-state index < -0.39 is 0 Å². The number of phenolic OH excluding ortho intramolecular Hbond substituents is 1. The zero-order valence-corrected chi connectivity index (χ0v) is 11.0. The lowest BCUT2D eigenvalue weighted by molar-refractivity contribution is 0.0704. The standard InChI is InChI=1S/C14H21NO2/c1-5-9-15(10(2)3)14(17)12-7-6-8-13(16)11(12)4/h6-8,10,16H,5,9H2,1-4H3. The fraction of sp³-hybridized carbons (Fsp3) is 0.500. The van der Waals surface area contributed by atoms with E-state index in [0.29, 0.717) is 11.1 Å². The largest absolute Gasteiger partial charge is 0.508 e. The van der Waals surface area contributed by atoms with Crippen LogP contribution in [0, 0.1) is 6.92 Å². The fourth-order valence-corrected chi connectivity index (χ4v) is 1.85. The summed E-state index contributed by atoms with van der Waals surface area (Å²) in [4.78, 5) is 14.2. The third-order valence-electron chi connectivity index (χ3n) is 2.88. The molecule has 1 rings (SSSR count). The first-order chi connectivity index (χ1) is 7.99. The van der Waals surface area contributed by atoms with Gasteiger partial charge in [0, 0.05) is 23.7 Å². The highest BCUT2D eigenvalue weighted by Crippen LogP contribution is 2.21. The van der Waals surface area contributed by atoms with Crippen molar-refractivity contribution in [3.63, 3.8) is 0 Å². The Hall–Kier alpha value is -1.51. The Morgan fingerprint density at radius 3 is 2.59 bits per heavy atom. The van der Waals surface area contributed by atoms with Gasteiger partial charge >= 0.3 is 0 Å². The Morgan fingerprint density at radius 2 is 2.06 bits per heavy atom. The Kier molecular flexibility index (Phi) is 4.55. The van der Waals surface area contributed by atoms with Crippen molar-refractivity contribution in [1.82, 2.24) is 4.90 Å². The van der Waals surface area contributed by atoms with Gasteiger partial charge in [-0.25, -0.2) is 0 Å². The maximum atomic E-state index is 12.4. The zero-order chi connectivity index (χ0) is 13.0. The number of carbonyl (C=O) groups is 1. The molecule has 0 radical (unpaired) electrons. The predicted molar refractivity (Wildman–Crippen MR) is 69.3 cm³/mol. The van der Waals surface area contributed by atoms with Crippen LogP contribution in [-0.4, -0.2) is 28.5 Å². The molecule has 0 bridgehead atoms. The molecule has 0 unspecified atom stereocenters. The Labute approximate surface area is 103 Å². The fourth-order valence-electron chi connectivity index (χ4n) is 1.85. The average Bonchev–Trinajstić information content (AvgIpc) is 2.28. The molecule has 3 nitrogen and oxygen atoms in total. The van der Waals surface area contributed by atoms with Gasteiger partial charge in [-0.05, 0) is 39.3 Å². The molecule has 0 saturated heterocycles. The van der Waals surface area contributed by atoms with E-state index in [9.17, 15) is 9.90 Å². The molecule has 0 saturated carbocycles. The molecule has 1 N–H and O–H groups in total. The van der Waals surface area contributed by atoms with Gasteiger partial charge in [-0.15, -0.1) is 0 Å². The summed E-state index contributed by atoms with van der Waals surface area (Å²) in [6.07, 6.45) is 0.932. The van der Waals surface area contributed by atoms with Gasteiger partial charge in [0.15, 0.2) is 0 Å². The zero-order valence-electron chi connectivity index (χ0n) is 11.0. The topological polar surface area (TPSA) is 40.5 Å². The first-order valence-corrected chi connectivity index (χ1v) is 6.08. The molecular formula is C14H21NO2. The third kappa shape index (κ3) is 2.99. The van der Waals surface area contributed by atoms with E-state index in [4.69, 9.17) is 0 Å². The Morgan fingerprint density at radius 1 is 1.41 bits per heavy atom. The second-order valence-electron chi connectivity index (χ2n) is 4.54. The van der Waals surface area contributed by atoms with Crippen LogP contribution in [-0.2, 0) is 0 Å². The van der Waals surface area contributed by atoms with E-state index in [1.807, 2.05) is 18.7 Å². The molecule has 1 amide bonds. The van der Waals surface area contributed by atoms with Crippen LogP contribution in [0.25, 0.3) is 0 Å². The maximum Gasteiger partial charge on any atom is 0.254 e. The van der Waals surface area contributed by atoms with Crippen LogP contribution in [0.1, 0.15) is 43.1 Å². The third-order valence-corrected chi connectivity index (χ3v) is 2.88. The summed E-state index contributed by atoms with van der Waals surface area (Å²) in [7, 11) is 0. The Balaban J connectivity index is 3.05. The molecule has 0 heterocycles. The lowest BCUT2D eigenvalue weighted by atomic mass is 10.1. The molecule has 17 heavy (non-hydrogen) atoms. The van der Waals surface area contributed by atoms with Gasteiger partial charge in [-0.2, -0.15) is 0 Å². The molecule has 0 fully saturated rings. The summed E-state index contributed by atoms with van der Waals surface area (Å²) in [6.45, 7) is 8.58. The van der Waals surface area contributed by atoms with Crippen molar-refractivity contribution in [3.8, 4) is 5.75 Å². The minimum Gasteiger partial charge on any atom is -0.508 e. The lowest BCUT2D eigenvalue weighted by Crippen LogP contribution is -2.37. The van der Waals surface area contributed by atoms with E-state index >= 15 is 0 Å². The number of benzene rings is 1. The van der Waals surface area contributed by atoms with Crippen LogP contribution < -0.4 is 0 Å². The number of amides is 1. The summed E-state index contributed by atoms with van der Waals surface area (Å²) in [5.41, 5.74) is 1.24. The number of hydrogen-bond donors (Lipinski definition) is 1. The summed E-state index contributed by atoms with van der Waals surface area (Å²) in [6, 6.07) is 5.25. The van der Waals surface area contributed by atoms with Gasteiger partial charge in [-0.3, -0.25) is 4.79 Å². The molecular weight excluding hydrogens is 214 g/mol. The molecule has 0 aromatic heterocycles. The van der Waals surface area contributed by atoms with Crippen LogP contribution in [0.3, 0.4) is 0 Å². The minimum absolute atomic E-state index is 0.00440. The number of nitrogens with zero attached hydrogens (tertiary/aromatic N) is 1. The van der Waals surface area contributed by atoms with E-state index in [2.05, 4.69) is 6.92 Å². The summed E-state index contributed by atoms with van der Waals surface area (Å²) in [5, 5.41) is 9.63. The van der Waals surface area contributed by atoms with Gasteiger partial charge in [0.2, 0.25) is 0 Å². The van der Waals surface area contributed by atoms with Crippen LogP contribution in [0.15, 0.2) is 18.2 Å². The van der Waals surface area contributed by atoms with Crippen molar-refractivity contribution in [3.05, 3.63) is 29.3 Å². The van der Waals surface area contributed by atoms with Crippen molar-refractivity contribution in [1.29, 1.82) is 0 Å². The normalized spacial score (nSPS) is 10.6. The van der Waals surface area contributed by atoms with Gasteiger partial charge in [0.05, 0.1) is 0 Å². The number of aromatic hydroxyl groups is 1. The van der Waals surface area contributed by atoms with E-state index in [1.165, 1.54) is 0 Å². The quantitative estimate of drug-likeness (QED) is 0.871. The molecule has 0 atom stereocenters. The van der Waals surface area contributed by atoms with E-state index in [1.54, 1.807) is 25.1 Å². The van der Waals surface area contributed by atoms with E-state index in [-0.39, 0.29) is 17.7 Å². The monoisotopic (exact) mass is 235 g/mol. The van der Waals surface area contributed by atoms with Crippen molar-refractivity contribution in [2.45, 2.75) is 40.2 Å². The number of hydrogen-bond acceptors (Lipinski definition) is 2. The number of phenols is 1. The van der Waals surface area contributed by atoms with Gasteiger partial charge in [0.25, 0.3) is 5.91 Å². The molecule has 0 aliphatic rings. The molecule has 1 aromatic rings. The highest BCUT2D eigenvalue weighted by Gasteiger charge is 2.20. The SMILES string of the molecule is CCCN(C(=O)c1cccc(O)c1C)C(C)C. The Bertz CT molecular complexity index is 399. The second kappa shape index (κ2) is 5.71. The molecule has 1 aromatic carbocycles. The van der Waals surface area contributed by atoms with Gasteiger partial charge in [-0.1, -0.05) is 13.0 Å². The highest BCUT2D eigenvalue weighted by atomic mass is 16.3. The van der Waals surface area contributed by atoms with Gasteiger partial charge < -0.3 is 10.0 Å². The smallest absolute Gasteiger partial charge is 0.254 e. The first kappa shape index (κ1) is 13.6. The predicted octanol–water partition coefficient (Wildman–Crippen LogP) is 2.96. The summed E-state index contributed by atoms with van der Waals surface area (Å²) in [5.74, 6) is 0.173. The number of rotatable bonds is 4. The second-order valence-corrected chi connectivity index (χ2v) is 4.54. The van der Waals surface area contributed by atoms with Crippen molar-refractivity contribution in [2.75, 3.05) is 6.54 Å². The maximum absolute atomic E-state index is 12.4. The van der Waals surface area contributed by atoms with E-state index in [0.717, 1.165) is 13.0 Å².